The molecular formula is C20H25N3O3. The van der Waals surface area contributed by atoms with Crippen molar-refractivity contribution in [2.24, 2.45) is 0 Å². The molecule has 1 aliphatic rings. The van der Waals surface area contributed by atoms with Crippen molar-refractivity contribution >= 4 is 5.91 Å². The van der Waals surface area contributed by atoms with Crippen LogP contribution in [0.2, 0.25) is 0 Å². The summed E-state index contributed by atoms with van der Waals surface area (Å²) in [6.45, 7) is 3.73. The lowest BCUT2D eigenvalue weighted by atomic mass is 9.91. The van der Waals surface area contributed by atoms with Crippen LogP contribution in [-0.4, -0.2) is 45.6 Å². The molecule has 0 radical (unpaired) electrons. The van der Waals surface area contributed by atoms with Gasteiger partial charge in [-0.15, -0.1) is 0 Å². The highest BCUT2D eigenvalue weighted by molar-refractivity contribution is 5.77. The Hall–Kier alpha value is -2.31. The van der Waals surface area contributed by atoms with Crippen LogP contribution >= 0.6 is 0 Å². The van der Waals surface area contributed by atoms with Crippen LogP contribution < -0.4 is 0 Å². The van der Waals surface area contributed by atoms with Gasteiger partial charge in [0, 0.05) is 30.8 Å². The molecule has 1 fully saturated rings. The van der Waals surface area contributed by atoms with Crippen LogP contribution in [0.25, 0.3) is 0 Å². The molecule has 3 rings (SSSR count). The number of piperidine rings is 1. The smallest absolute Gasteiger partial charge is 0.248 e. The number of likely N-dealkylation sites (tertiary alicyclic amines) is 1. The van der Waals surface area contributed by atoms with Crippen LogP contribution in [0.5, 0.6) is 0 Å². The number of aliphatic hydroxyl groups is 1. The van der Waals surface area contributed by atoms with E-state index in [0.29, 0.717) is 25.5 Å². The summed E-state index contributed by atoms with van der Waals surface area (Å²) in [6, 6.07) is 9.85. The minimum absolute atomic E-state index is 0.0284. The van der Waals surface area contributed by atoms with Crippen molar-refractivity contribution in [3.8, 4) is 0 Å². The summed E-state index contributed by atoms with van der Waals surface area (Å²) >= 11 is 0. The molecule has 0 unspecified atom stereocenters. The molecule has 26 heavy (non-hydrogen) atoms. The predicted molar refractivity (Wildman–Crippen MR) is 97.3 cm³/mol. The number of carbonyl (C=O) groups is 1. The fourth-order valence-corrected chi connectivity index (χ4v) is 3.31. The van der Waals surface area contributed by atoms with Gasteiger partial charge in [-0.3, -0.25) is 4.79 Å². The molecule has 2 aromatic rings. The minimum Gasteiger partial charge on any atom is -0.392 e. The van der Waals surface area contributed by atoms with E-state index in [1.807, 2.05) is 42.2 Å². The number of aryl methyl sites for hydroxylation is 1. The second-order valence-corrected chi connectivity index (χ2v) is 6.62. The number of hydrogen-bond acceptors (Lipinski definition) is 5. The van der Waals surface area contributed by atoms with E-state index in [2.05, 4.69) is 9.97 Å². The van der Waals surface area contributed by atoms with Crippen molar-refractivity contribution < 1.29 is 14.6 Å². The molecule has 138 valence electrons. The monoisotopic (exact) mass is 355 g/mol. The average Bonchev–Trinajstić information content (AvgIpc) is 2.69. The molecule has 0 atom stereocenters. The first kappa shape index (κ1) is 18.5. The molecule has 6 heteroatoms. The van der Waals surface area contributed by atoms with E-state index in [1.165, 1.54) is 0 Å². The Kier molecular flexibility index (Phi) is 6.30. The molecule has 1 N–H and O–H groups in total. The van der Waals surface area contributed by atoms with Crippen LogP contribution in [0.4, 0.5) is 0 Å². The van der Waals surface area contributed by atoms with E-state index >= 15 is 0 Å². The third-order valence-electron chi connectivity index (χ3n) is 4.76. The lowest BCUT2D eigenvalue weighted by molar-refractivity contribution is -0.137. The van der Waals surface area contributed by atoms with Crippen molar-refractivity contribution in [3.05, 3.63) is 59.2 Å². The predicted octanol–water partition coefficient (Wildman–Crippen LogP) is 2.20. The topological polar surface area (TPSA) is 75.6 Å². The summed E-state index contributed by atoms with van der Waals surface area (Å²) in [7, 11) is 0. The number of ether oxygens (including phenoxy) is 1. The van der Waals surface area contributed by atoms with Gasteiger partial charge in [0.25, 0.3) is 0 Å². The van der Waals surface area contributed by atoms with E-state index in [9.17, 15) is 9.90 Å². The number of nitrogens with zero attached hydrogens (tertiary/aromatic N) is 3. The number of carbonyl (C=O) groups excluding carboxylic acids is 1. The highest BCUT2D eigenvalue weighted by Crippen LogP contribution is 2.29. The van der Waals surface area contributed by atoms with Gasteiger partial charge in [-0.05, 0) is 25.3 Å². The summed E-state index contributed by atoms with van der Waals surface area (Å²) < 4.78 is 5.55. The molecule has 0 spiro atoms. The van der Waals surface area contributed by atoms with E-state index in [1.54, 1.807) is 6.20 Å². The molecule has 1 saturated heterocycles. The summed E-state index contributed by atoms with van der Waals surface area (Å²) in [4.78, 5) is 22.9. The average molecular weight is 355 g/mol. The second kappa shape index (κ2) is 8.87. The van der Waals surface area contributed by atoms with Gasteiger partial charge in [0.2, 0.25) is 5.91 Å². The Morgan fingerprint density at radius 3 is 2.69 bits per heavy atom. The second-order valence-electron chi connectivity index (χ2n) is 6.62. The van der Waals surface area contributed by atoms with E-state index in [4.69, 9.17) is 4.74 Å². The standard InChI is InChI=1S/C20H25N3O3/c1-15-21-11-18(12-24)20(22-15)17-7-9-23(10-8-17)19(25)14-26-13-16-5-3-2-4-6-16/h2-6,11,17,24H,7-10,12-14H2,1H3. The largest absolute Gasteiger partial charge is 0.392 e. The van der Waals surface area contributed by atoms with Crippen molar-refractivity contribution in [3.63, 3.8) is 0 Å². The molecular weight excluding hydrogens is 330 g/mol. The Balaban J connectivity index is 1.49. The minimum atomic E-state index is -0.0535. The van der Waals surface area contributed by atoms with Crippen LogP contribution in [0, 0.1) is 6.92 Å². The summed E-state index contributed by atoms with van der Waals surface area (Å²) in [5.41, 5.74) is 2.77. The van der Waals surface area contributed by atoms with Gasteiger partial charge in [-0.2, -0.15) is 0 Å². The maximum atomic E-state index is 12.3. The number of amides is 1. The molecule has 1 aliphatic heterocycles. The summed E-state index contributed by atoms with van der Waals surface area (Å²) in [5.74, 6) is 0.999. The Morgan fingerprint density at radius 1 is 1.27 bits per heavy atom. The fourth-order valence-electron chi connectivity index (χ4n) is 3.31. The Labute approximate surface area is 153 Å². The number of aliphatic hydroxyl groups excluding tert-OH is 1. The molecule has 1 amide bonds. The zero-order valence-corrected chi connectivity index (χ0v) is 15.1. The lowest BCUT2D eigenvalue weighted by Crippen LogP contribution is -2.40. The maximum Gasteiger partial charge on any atom is 0.248 e. The zero-order chi connectivity index (χ0) is 18.4. The molecule has 0 bridgehead atoms. The molecule has 0 saturated carbocycles. The first-order valence-electron chi connectivity index (χ1n) is 9.00. The fraction of sp³-hybridized carbons (Fsp3) is 0.450. The highest BCUT2D eigenvalue weighted by atomic mass is 16.5. The lowest BCUT2D eigenvalue weighted by Gasteiger charge is -2.32. The van der Waals surface area contributed by atoms with Crippen LogP contribution in [0.1, 0.15) is 41.4 Å². The van der Waals surface area contributed by atoms with Crippen LogP contribution in [-0.2, 0) is 22.7 Å². The zero-order valence-electron chi connectivity index (χ0n) is 15.1. The van der Waals surface area contributed by atoms with Crippen molar-refractivity contribution in [2.45, 2.75) is 38.9 Å². The number of aromatic nitrogens is 2. The van der Waals surface area contributed by atoms with Gasteiger partial charge >= 0.3 is 0 Å². The normalized spacial score (nSPS) is 15.2. The highest BCUT2D eigenvalue weighted by Gasteiger charge is 2.26. The molecule has 1 aromatic heterocycles. The van der Waals surface area contributed by atoms with Gasteiger partial charge in [-0.1, -0.05) is 30.3 Å². The van der Waals surface area contributed by atoms with E-state index in [-0.39, 0.29) is 25.0 Å². The SMILES string of the molecule is Cc1ncc(CO)c(C2CCN(C(=O)COCc3ccccc3)CC2)n1. The molecule has 6 nitrogen and oxygen atoms in total. The molecule has 2 heterocycles. The van der Waals surface area contributed by atoms with Gasteiger partial charge < -0.3 is 14.7 Å². The third-order valence-corrected chi connectivity index (χ3v) is 4.76. The van der Waals surface area contributed by atoms with Crippen LogP contribution in [0.3, 0.4) is 0 Å². The van der Waals surface area contributed by atoms with Crippen molar-refractivity contribution in [1.29, 1.82) is 0 Å². The first-order chi connectivity index (χ1) is 12.7. The first-order valence-corrected chi connectivity index (χ1v) is 9.00. The molecule has 1 aromatic carbocycles. The van der Waals surface area contributed by atoms with Crippen molar-refractivity contribution in [1.82, 2.24) is 14.9 Å². The quantitative estimate of drug-likeness (QED) is 0.860. The van der Waals surface area contributed by atoms with Crippen LogP contribution in [0.15, 0.2) is 36.5 Å². The van der Waals surface area contributed by atoms with Crippen molar-refractivity contribution in [2.75, 3.05) is 19.7 Å². The maximum absolute atomic E-state index is 12.3. The number of rotatable bonds is 6. The van der Waals surface area contributed by atoms with Gasteiger partial charge in [0.1, 0.15) is 12.4 Å². The Bertz CT molecular complexity index is 728. The summed E-state index contributed by atoms with van der Waals surface area (Å²) in [5, 5.41) is 9.51. The van der Waals surface area contributed by atoms with E-state index in [0.717, 1.165) is 29.7 Å². The molecule has 0 aliphatic carbocycles. The van der Waals surface area contributed by atoms with Gasteiger partial charge in [0.15, 0.2) is 0 Å². The van der Waals surface area contributed by atoms with E-state index < -0.39 is 0 Å². The van der Waals surface area contributed by atoms with Gasteiger partial charge in [0.05, 0.1) is 18.9 Å². The number of benzene rings is 1. The summed E-state index contributed by atoms with van der Waals surface area (Å²) in [6.07, 6.45) is 3.38. The van der Waals surface area contributed by atoms with Gasteiger partial charge in [-0.25, -0.2) is 9.97 Å². The third kappa shape index (κ3) is 4.65. The Morgan fingerprint density at radius 2 is 2.00 bits per heavy atom. The number of hydrogen-bond donors (Lipinski definition) is 1.